The monoisotopic (exact) mass is 270 g/mol. The van der Waals surface area contributed by atoms with Crippen LogP contribution in [0.1, 0.15) is 35.3 Å². The molecular weight excluding hydrogens is 252 g/mol. The Morgan fingerprint density at radius 1 is 1.35 bits per heavy atom. The summed E-state index contributed by atoms with van der Waals surface area (Å²) in [6.07, 6.45) is 4.98. The van der Waals surface area contributed by atoms with Crippen LogP contribution in [0.25, 0.3) is 0 Å². The fraction of sp³-hybridized carbons (Fsp3) is 0.533. The Kier molecular flexibility index (Phi) is 3.41. The predicted octanol–water partition coefficient (Wildman–Crippen LogP) is 1.26. The van der Waals surface area contributed by atoms with Gasteiger partial charge in [-0.3, -0.25) is 9.69 Å². The van der Waals surface area contributed by atoms with Crippen LogP contribution < -0.4 is 0 Å². The second kappa shape index (κ2) is 5.22. The first kappa shape index (κ1) is 13.1. The number of pyridine rings is 1. The highest BCUT2D eigenvalue weighted by atomic mass is 16.2. The van der Waals surface area contributed by atoms with Crippen LogP contribution in [0.4, 0.5) is 0 Å². The zero-order chi connectivity index (χ0) is 14.1. The summed E-state index contributed by atoms with van der Waals surface area (Å²) in [6.45, 7) is 1.61. The maximum Gasteiger partial charge on any atom is 0.255 e. The Bertz CT molecular complexity index is 548. The first-order valence-corrected chi connectivity index (χ1v) is 7.06. The van der Waals surface area contributed by atoms with E-state index >= 15 is 0 Å². The minimum atomic E-state index is 0.0305. The van der Waals surface area contributed by atoms with Crippen LogP contribution in [0.15, 0.2) is 18.3 Å². The third-order valence-corrected chi connectivity index (χ3v) is 4.56. The number of likely N-dealkylation sites (N-methyl/N-ethyl adjacent to an activating group) is 1. The number of amides is 1. The molecule has 2 atom stereocenters. The number of carbonyl (C=O) groups excluding carboxylic acids is 1. The Labute approximate surface area is 118 Å². The Morgan fingerprint density at radius 3 is 2.85 bits per heavy atom. The van der Waals surface area contributed by atoms with E-state index < -0.39 is 0 Å². The number of nitriles is 1. The number of fused-ring (bicyclic) bond motifs is 2. The van der Waals surface area contributed by atoms with Crippen molar-refractivity contribution in [2.24, 2.45) is 0 Å². The highest BCUT2D eigenvalue weighted by Crippen LogP contribution is 2.28. The molecule has 1 amide bonds. The molecule has 0 aliphatic carbocycles. The Hall–Kier alpha value is -1.93. The molecule has 0 unspecified atom stereocenters. The summed E-state index contributed by atoms with van der Waals surface area (Å²) in [4.78, 5) is 20.9. The first-order valence-electron chi connectivity index (χ1n) is 7.06. The van der Waals surface area contributed by atoms with E-state index in [1.54, 1.807) is 12.1 Å². The molecule has 0 N–H and O–H groups in total. The number of rotatable bonds is 1. The molecule has 0 saturated carbocycles. The molecule has 0 radical (unpaired) electrons. The van der Waals surface area contributed by atoms with E-state index in [0.717, 1.165) is 19.5 Å². The average Bonchev–Trinajstić information content (AvgIpc) is 2.72. The van der Waals surface area contributed by atoms with Crippen molar-refractivity contribution in [3.05, 3.63) is 29.6 Å². The van der Waals surface area contributed by atoms with E-state index in [4.69, 9.17) is 5.26 Å². The van der Waals surface area contributed by atoms with Crippen molar-refractivity contribution < 1.29 is 4.79 Å². The van der Waals surface area contributed by atoms with E-state index in [2.05, 4.69) is 16.9 Å². The molecule has 0 spiro atoms. The highest BCUT2D eigenvalue weighted by Gasteiger charge is 2.36. The minimum Gasteiger partial charge on any atom is -0.337 e. The molecule has 1 aromatic heterocycles. The lowest BCUT2D eigenvalue weighted by Gasteiger charge is -2.25. The highest BCUT2D eigenvalue weighted by molar-refractivity contribution is 5.94. The van der Waals surface area contributed by atoms with Crippen molar-refractivity contribution in [3.63, 3.8) is 0 Å². The van der Waals surface area contributed by atoms with Gasteiger partial charge in [0.25, 0.3) is 5.91 Å². The fourth-order valence-corrected chi connectivity index (χ4v) is 3.26. The van der Waals surface area contributed by atoms with Gasteiger partial charge in [-0.2, -0.15) is 5.26 Å². The Balaban J connectivity index is 1.75. The minimum absolute atomic E-state index is 0.0305. The zero-order valence-corrected chi connectivity index (χ0v) is 11.6. The lowest BCUT2D eigenvalue weighted by molar-refractivity contribution is 0.0740. The summed E-state index contributed by atoms with van der Waals surface area (Å²) in [5.41, 5.74) is 0.917. The maximum atomic E-state index is 12.5. The van der Waals surface area contributed by atoms with Gasteiger partial charge < -0.3 is 4.90 Å². The van der Waals surface area contributed by atoms with Gasteiger partial charge in [0.05, 0.1) is 5.56 Å². The predicted molar refractivity (Wildman–Crippen MR) is 74.0 cm³/mol. The number of hydrogen-bond acceptors (Lipinski definition) is 4. The van der Waals surface area contributed by atoms with Gasteiger partial charge in [-0.25, -0.2) is 4.98 Å². The van der Waals surface area contributed by atoms with Crippen LogP contribution in [-0.2, 0) is 0 Å². The largest absolute Gasteiger partial charge is 0.337 e. The maximum absolute atomic E-state index is 12.5. The van der Waals surface area contributed by atoms with E-state index in [1.807, 2.05) is 11.0 Å². The second-order valence-corrected chi connectivity index (χ2v) is 5.63. The van der Waals surface area contributed by atoms with Gasteiger partial charge >= 0.3 is 0 Å². The molecule has 2 aliphatic heterocycles. The molecule has 2 aliphatic rings. The molecule has 2 fully saturated rings. The lowest BCUT2D eigenvalue weighted by atomic mass is 10.1. The van der Waals surface area contributed by atoms with Crippen molar-refractivity contribution >= 4 is 5.91 Å². The quantitative estimate of drug-likeness (QED) is 0.771. The molecule has 0 aromatic carbocycles. The average molecular weight is 270 g/mol. The molecule has 5 nitrogen and oxygen atoms in total. The van der Waals surface area contributed by atoms with Crippen molar-refractivity contribution in [1.29, 1.82) is 5.26 Å². The Morgan fingerprint density at radius 2 is 2.15 bits per heavy atom. The van der Waals surface area contributed by atoms with E-state index in [0.29, 0.717) is 23.3 Å². The zero-order valence-electron chi connectivity index (χ0n) is 11.6. The third-order valence-electron chi connectivity index (χ3n) is 4.56. The summed E-state index contributed by atoms with van der Waals surface area (Å²) in [7, 11) is 2.17. The van der Waals surface area contributed by atoms with Crippen molar-refractivity contribution in [3.8, 4) is 6.07 Å². The fourth-order valence-electron chi connectivity index (χ4n) is 3.26. The topological polar surface area (TPSA) is 60.2 Å². The number of nitrogens with zero attached hydrogens (tertiary/aromatic N) is 4. The van der Waals surface area contributed by atoms with E-state index in [-0.39, 0.29) is 5.91 Å². The molecule has 2 saturated heterocycles. The molecular formula is C15H18N4O. The standard InChI is InChI=1S/C15H18N4O/c1-18-13-4-5-14(18)10-19(7-6-13)15(20)11-2-3-12(8-16)17-9-11/h2-3,9,13-14H,4-7,10H2,1H3/t13-,14+/m0/s1. The van der Waals surface area contributed by atoms with Crippen molar-refractivity contribution in [2.45, 2.75) is 31.3 Å². The summed E-state index contributed by atoms with van der Waals surface area (Å²) >= 11 is 0. The first-order chi connectivity index (χ1) is 9.69. The summed E-state index contributed by atoms with van der Waals surface area (Å²) in [5, 5.41) is 8.74. The normalized spacial score (nSPS) is 26.1. The van der Waals surface area contributed by atoms with Gasteiger partial charge in [0.2, 0.25) is 0 Å². The van der Waals surface area contributed by atoms with Crippen LogP contribution in [0, 0.1) is 11.3 Å². The number of likely N-dealkylation sites (tertiary alicyclic amines) is 1. The van der Waals surface area contributed by atoms with E-state index in [9.17, 15) is 4.79 Å². The lowest BCUT2D eigenvalue weighted by Crippen LogP contribution is -2.39. The molecule has 3 rings (SSSR count). The van der Waals surface area contributed by atoms with Crippen LogP contribution in [0.2, 0.25) is 0 Å². The summed E-state index contributed by atoms with van der Waals surface area (Å²) in [6, 6.07) is 6.37. The van der Waals surface area contributed by atoms with Gasteiger partial charge in [-0.15, -0.1) is 0 Å². The number of aromatic nitrogens is 1. The van der Waals surface area contributed by atoms with E-state index in [1.165, 1.54) is 19.0 Å². The number of carbonyl (C=O) groups is 1. The molecule has 104 valence electrons. The number of hydrogen-bond donors (Lipinski definition) is 0. The third kappa shape index (κ3) is 2.27. The van der Waals surface area contributed by atoms with Gasteiger partial charge in [0.15, 0.2) is 0 Å². The smallest absolute Gasteiger partial charge is 0.255 e. The summed E-state index contributed by atoms with van der Waals surface area (Å²) in [5.74, 6) is 0.0305. The van der Waals surface area contributed by atoms with Crippen molar-refractivity contribution in [2.75, 3.05) is 20.1 Å². The van der Waals surface area contributed by atoms with Crippen LogP contribution >= 0.6 is 0 Å². The molecule has 1 aromatic rings. The van der Waals surface area contributed by atoms with Gasteiger partial charge in [0.1, 0.15) is 11.8 Å². The van der Waals surface area contributed by atoms with Gasteiger partial charge in [-0.05, 0) is 38.4 Å². The van der Waals surface area contributed by atoms with Crippen LogP contribution in [0.3, 0.4) is 0 Å². The van der Waals surface area contributed by atoms with Crippen molar-refractivity contribution in [1.82, 2.24) is 14.8 Å². The van der Waals surface area contributed by atoms with Crippen LogP contribution in [-0.4, -0.2) is 52.9 Å². The SMILES string of the molecule is CN1[C@H]2CC[C@@H]1CN(C(=O)c1ccc(C#N)nc1)CC2. The molecule has 20 heavy (non-hydrogen) atoms. The second-order valence-electron chi connectivity index (χ2n) is 5.63. The molecule has 3 heterocycles. The summed E-state index contributed by atoms with van der Waals surface area (Å²) < 4.78 is 0. The van der Waals surface area contributed by atoms with Gasteiger partial charge in [-0.1, -0.05) is 0 Å². The van der Waals surface area contributed by atoms with Gasteiger partial charge in [0, 0.05) is 31.4 Å². The van der Waals surface area contributed by atoms with Crippen LogP contribution in [0.5, 0.6) is 0 Å². The molecule has 5 heteroatoms. The molecule has 2 bridgehead atoms.